The molecule has 0 heterocycles. The summed E-state index contributed by atoms with van der Waals surface area (Å²) < 4.78 is 5.20. The highest BCUT2D eigenvalue weighted by Gasteiger charge is 2.24. The van der Waals surface area contributed by atoms with E-state index in [1.54, 1.807) is 7.11 Å². The Balaban J connectivity index is 2.21. The van der Waals surface area contributed by atoms with Gasteiger partial charge in [0, 0.05) is 17.1 Å². The fraction of sp³-hybridized carbons (Fsp3) is 0.600. The van der Waals surface area contributed by atoms with Crippen LogP contribution in [0.3, 0.4) is 0 Å². The van der Waals surface area contributed by atoms with Gasteiger partial charge in [0.1, 0.15) is 5.75 Å². The fourth-order valence-corrected chi connectivity index (χ4v) is 3.13. The van der Waals surface area contributed by atoms with Gasteiger partial charge >= 0.3 is 0 Å². The smallest absolute Gasteiger partial charge is 0.138 e. The number of ether oxygens (including phenoxy) is 1. The molecule has 1 aromatic carbocycles. The highest BCUT2D eigenvalue weighted by atomic mass is 35.5. The van der Waals surface area contributed by atoms with Crippen molar-refractivity contribution in [1.82, 2.24) is 5.32 Å². The zero-order valence-electron chi connectivity index (χ0n) is 11.5. The average molecular weight is 302 g/mol. The number of hydrogen-bond acceptors (Lipinski definition) is 2. The van der Waals surface area contributed by atoms with Crippen molar-refractivity contribution in [3.8, 4) is 5.75 Å². The van der Waals surface area contributed by atoms with Crippen molar-refractivity contribution in [2.75, 3.05) is 13.7 Å². The molecule has 1 aliphatic rings. The van der Waals surface area contributed by atoms with Gasteiger partial charge in [0.15, 0.2) is 0 Å². The highest BCUT2D eigenvalue weighted by molar-refractivity contribution is 6.34. The molecular weight excluding hydrogens is 281 g/mol. The summed E-state index contributed by atoms with van der Waals surface area (Å²) in [6.07, 6.45) is 5.17. The number of benzene rings is 1. The summed E-state index contributed by atoms with van der Waals surface area (Å²) >= 11 is 12.6. The van der Waals surface area contributed by atoms with Gasteiger partial charge < -0.3 is 10.1 Å². The summed E-state index contributed by atoms with van der Waals surface area (Å²) in [6, 6.07) is 4.03. The van der Waals surface area contributed by atoms with Gasteiger partial charge in [0.05, 0.1) is 12.1 Å². The maximum Gasteiger partial charge on any atom is 0.138 e. The lowest BCUT2D eigenvalue weighted by Gasteiger charge is -2.31. The Morgan fingerprint density at radius 2 is 2.05 bits per heavy atom. The van der Waals surface area contributed by atoms with Crippen molar-refractivity contribution >= 4 is 23.2 Å². The molecule has 106 valence electrons. The first-order valence-corrected chi connectivity index (χ1v) is 7.67. The van der Waals surface area contributed by atoms with E-state index in [4.69, 9.17) is 27.9 Å². The van der Waals surface area contributed by atoms with Crippen LogP contribution in [0.25, 0.3) is 0 Å². The topological polar surface area (TPSA) is 21.3 Å². The van der Waals surface area contributed by atoms with Gasteiger partial charge in [0.25, 0.3) is 0 Å². The van der Waals surface area contributed by atoms with Gasteiger partial charge in [-0.15, -0.1) is 0 Å². The largest absolute Gasteiger partial charge is 0.495 e. The van der Waals surface area contributed by atoms with E-state index in [0.717, 1.165) is 29.5 Å². The molecule has 1 fully saturated rings. The predicted molar refractivity (Wildman–Crippen MR) is 81.4 cm³/mol. The molecular formula is C15H21Cl2NO. The summed E-state index contributed by atoms with van der Waals surface area (Å²) in [5.74, 6) is 1.45. The van der Waals surface area contributed by atoms with Gasteiger partial charge in [0.2, 0.25) is 0 Å². The Bertz CT molecular complexity index is 432. The van der Waals surface area contributed by atoms with Crippen molar-refractivity contribution < 1.29 is 4.74 Å². The van der Waals surface area contributed by atoms with Crippen LogP contribution in [0.2, 0.25) is 10.0 Å². The van der Waals surface area contributed by atoms with Gasteiger partial charge in [-0.3, -0.25) is 0 Å². The molecule has 1 unspecified atom stereocenters. The summed E-state index contributed by atoms with van der Waals surface area (Å²) in [6.45, 7) is 3.05. The highest BCUT2D eigenvalue weighted by Crippen LogP contribution is 2.39. The molecule has 0 aromatic heterocycles. The van der Waals surface area contributed by atoms with Crippen LogP contribution in [0.1, 0.15) is 44.2 Å². The molecule has 0 bridgehead atoms. The van der Waals surface area contributed by atoms with E-state index in [1.165, 1.54) is 19.3 Å². The standard InChI is InChI=1S/C15H21Cl2NO/c1-3-18-14(7-10-5-4-6-10)11-8-13(17)15(19-2)9-12(11)16/h8-10,14,18H,3-7H2,1-2H3. The van der Waals surface area contributed by atoms with Crippen LogP contribution in [0, 0.1) is 5.92 Å². The molecule has 0 aliphatic heterocycles. The van der Waals surface area contributed by atoms with E-state index in [-0.39, 0.29) is 6.04 Å². The summed E-state index contributed by atoms with van der Waals surface area (Å²) in [7, 11) is 1.60. The van der Waals surface area contributed by atoms with E-state index >= 15 is 0 Å². The van der Waals surface area contributed by atoms with Crippen LogP contribution in [-0.4, -0.2) is 13.7 Å². The van der Waals surface area contributed by atoms with E-state index in [2.05, 4.69) is 12.2 Å². The van der Waals surface area contributed by atoms with Crippen LogP contribution in [0.5, 0.6) is 5.75 Å². The van der Waals surface area contributed by atoms with Gasteiger partial charge in [-0.1, -0.05) is 49.4 Å². The third-order valence-electron chi connectivity index (χ3n) is 3.89. The number of methoxy groups -OCH3 is 1. The maximum atomic E-state index is 6.38. The number of hydrogen-bond donors (Lipinski definition) is 1. The van der Waals surface area contributed by atoms with Crippen LogP contribution < -0.4 is 10.1 Å². The molecule has 0 radical (unpaired) electrons. The molecule has 0 amide bonds. The predicted octanol–water partition coefficient (Wildman–Crippen LogP) is 4.84. The van der Waals surface area contributed by atoms with Crippen molar-refractivity contribution in [2.24, 2.45) is 5.92 Å². The summed E-state index contributed by atoms with van der Waals surface area (Å²) in [5.41, 5.74) is 1.08. The Hall–Kier alpha value is -0.440. The monoisotopic (exact) mass is 301 g/mol. The number of rotatable bonds is 6. The van der Waals surface area contributed by atoms with E-state index in [1.807, 2.05) is 12.1 Å². The molecule has 1 N–H and O–H groups in total. The normalized spacial score (nSPS) is 17.1. The lowest BCUT2D eigenvalue weighted by molar-refractivity contribution is 0.262. The Morgan fingerprint density at radius 3 is 2.58 bits per heavy atom. The second-order valence-corrected chi connectivity index (χ2v) is 5.97. The SMILES string of the molecule is CCNC(CC1CCC1)c1cc(Cl)c(OC)cc1Cl. The first-order valence-electron chi connectivity index (χ1n) is 6.92. The zero-order chi connectivity index (χ0) is 13.8. The van der Waals surface area contributed by atoms with Crippen molar-refractivity contribution in [2.45, 2.75) is 38.6 Å². The van der Waals surface area contributed by atoms with Gasteiger partial charge in [-0.25, -0.2) is 0 Å². The van der Waals surface area contributed by atoms with Crippen LogP contribution in [-0.2, 0) is 0 Å². The van der Waals surface area contributed by atoms with Crippen LogP contribution in [0.4, 0.5) is 0 Å². The summed E-state index contributed by atoms with van der Waals surface area (Å²) in [5, 5.41) is 4.87. The Morgan fingerprint density at radius 1 is 1.32 bits per heavy atom. The third-order valence-corrected chi connectivity index (χ3v) is 4.51. The first-order chi connectivity index (χ1) is 9.15. The van der Waals surface area contributed by atoms with E-state index in [9.17, 15) is 0 Å². The lowest BCUT2D eigenvalue weighted by Crippen LogP contribution is -2.26. The number of halogens is 2. The van der Waals surface area contributed by atoms with Crippen LogP contribution in [0.15, 0.2) is 12.1 Å². The first kappa shape index (κ1) is 15.0. The molecule has 19 heavy (non-hydrogen) atoms. The minimum absolute atomic E-state index is 0.284. The lowest BCUT2D eigenvalue weighted by atomic mass is 9.79. The van der Waals surface area contributed by atoms with Gasteiger partial charge in [-0.05, 0) is 30.5 Å². The van der Waals surface area contributed by atoms with E-state index in [0.29, 0.717) is 10.8 Å². The fourth-order valence-electron chi connectivity index (χ4n) is 2.60. The summed E-state index contributed by atoms with van der Waals surface area (Å²) in [4.78, 5) is 0. The molecule has 1 atom stereocenters. The minimum atomic E-state index is 0.284. The second kappa shape index (κ2) is 6.83. The number of nitrogens with one attached hydrogen (secondary N) is 1. The Kier molecular flexibility index (Phi) is 5.37. The zero-order valence-corrected chi connectivity index (χ0v) is 13.0. The van der Waals surface area contributed by atoms with Crippen LogP contribution >= 0.6 is 23.2 Å². The Labute approximate surface area is 125 Å². The molecule has 2 nitrogen and oxygen atoms in total. The van der Waals surface area contributed by atoms with Gasteiger partial charge in [-0.2, -0.15) is 0 Å². The van der Waals surface area contributed by atoms with Crippen molar-refractivity contribution in [1.29, 1.82) is 0 Å². The molecule has 1 aliphatic carbocycles. The van der Waals surface area contributed by atoms with Crippen molar-refractivity contribution in [3.05, 3.63) is 27.7 Å². The molecule has 4 heteroatoms. The second-order valence-electron chi connectivity index (χ2n) is 5.15. The quantitative estimate of drug-likeness (QED) is 0.811. The minimum Gasteiger partial charge on any atom is -0.495 e. The van der Waals surface area contributed by atoms with E-state index < -0.39 is 0 Å². The molecule has 1 aromatic rings. The molecule has 0 saturated heterocycles. The molecule has 0 spiro atoms. The molecule has 1 saturated carbocycles. The van der Waals surface area contributed by atoms with Crippen molar-refractivity contribution in [3.63, 3.8) is 0 Å². The average Bonchev–Trinajstić information content (AvgIpc) is 2.34. The maximum absolute atomic E-state index is 6.38. The third kappa shape index (κ3) is 3.56. The molecule has 2 rings (SSSR count).